The zero-order chi connectivity index (χ0) is 27.1. The van der Waals surface area contributed by atoms with Gasteiger partial charge in [-0.15, -0.1) is 4.80 Å². The predicted molar refractivity (Wildman–Crippen MR) is 136 cm³/mol. The summed E-state index contributed by atoms with van der Waals surface area (Å²) in [5, 5.41) is 22.7. The number of hydrogen-bond donors (Lipinski definition) is 2. The van der Waals surface area contributed by atoms with Crippen LogP contribution in [0, 0.1) is 12.7 Å². The minimum Gasteiger partial charge on any atom is -0.496 e. The Balaban J connectivity index is 2.02. The van der Waals surface area contributed by atoms with Crippen LogP contribution in [0.25, 0.3) is 15.2 Å². The van der Waals surface area contributed by atoms with Gasteiger partial charge < -0.3 is 15.2 Å². The van der Waals surface area contributed by atoms with E-state index in [2.05, 4.69) is 15.5 Å². The summed E-state index contributed by atoms with van der Waals surface area (Å²) in [6.45, 7) is 6.34. The molecular formula is C24H27FN6O5S. The van der Waals surface area contributed by atoms with E-state index in [1.165, 1.54) is 54.8 Å². The average molecular weight is 531 g/mol. The summed E-state index contributed by atoms with van der Waals surface area (Å²) in [4.78, 5) is 42.1. The molecule has 0 unspecified atom stereocenters. The van der Waals surface area contributed by atoms with Crippen LogP contribution in [0.3, 0.4) is 0 Å². The number of methoxy groups -OCH3 is 1. The van der Waals surface area contributed by atoms with Crippen molar-refractivity contribution in [2.24, 2.45) is 0 Å². The number of carbonyl (C=O) groups excluding carboxylic acids is 1. The molecule has 0 aliphatic heterocycles. The molecule has 1 atom stereocenters. The highest BCUT2D eigenvalue weighted by Crippen LogP contribution is 2.33. The highest BCUT2D eigenvalue weighted by Gasteiger charge is 2.35. The number of benzene rings is 1. The Morgan fingerprint density at radius 2 is 1.95 bits per heavy atom. The molecule has 1 amide bonds. The number of hydrogen-bond acceptors (Lipinski definition) is 8. The molecule has 3 aromatic heterocycles. The molecule has 0 saturated carbocycles. The molecule has 3 heterocycles. The second-order valence-corrected chi connectivity index (χ2v) is 9.86. The second kappa shape index (κ2) is 9.90. The Labute approximate surface area is 214 Å². The maximum atomic E-state index is 14.0. The zero-order valence-corrected chi connectivity index (χ0v) is 21.8. The van der Waals surface area contributed by atoms with Gasteiger partial charge in [0.05, 0.1) is 31.4 Å². The van der Waals surface area contributed by atoms with Gasteiger partial charge in [-0.25, -0.2) is 13.8 Å². The molecule has 11 nitrogen and oxygen atoms in total. The smallest absolute Gasteiger partial charge is 0.333 e. The van der Waals surface area contributed by atoms with Gasteiger partial charge in [0.15, 0.2) is 0 Å². The molecule has 0 aliphatic rings. The van der Waals surface area contributed by atoms with Crippen molar-refractivity contribution in [2.75, 3.05) is 13.7 Å². The van der Waals surface area contributed by atoms with Gasteiger partial charge in [-0.05, 0) is 45.9 Å². The maximum absolute atomic E-state index is 14.0. The van der Waals surface area contributed by atoms with Crippen LogP contribution < -0.4 is 21.3 Å². The molecule has 2 N–H and O–H groups in total. The Morgan fingerprint density at radius 1 is 1.27 bits per heavy atom. The number of nitrogens with one attached hydrogen (secondary N) is 1. The van der Waals surface area contributed by atoms with Crippen LogP contribution in [0.5, 0.6) is 5.75 Å². The van der Waals surface area contributed by atoms with Crippen LogP contribution in [0.2, 0.25) is 0 Å². The van der Waals surface area contributed by atoms with Crippen molar-refractivity contribution in [1.29, 1.82) is 0 Å². The van der Waals surface area contributed by atoms with Crippen LogP contribution >= 0.6 is 11.3 Å². The van der Waals surface area contributed by atoms with E-state index in [1.54, 1.807) is 13.8 Å². The second-order valence-electron chi connectivity index (χ2n) is 8.89. The molecule has 0 aliphatic carbocycles. The number of aromatic nitrogens is 5. The van der Waals surface area contributed by atoms with E-state index in [0.717, 1.165) is 22.0 Å². The Bertz CT molecular complexity index is 1590. The number of rotatable bonds is 8. The van der Waals surface area contributed by atoms with E-state index >= 15 is 0 Å². The lowest BCUT2D eigenvalue weighted by atomic mass is 10.0. The van der Waals surface area contributed by atoms with Gasteiger partial charge in [0, 0.05) is 17.7 Å². The predicted octanol–water partition coefficient (Wildman–Crippen LogP) is 1.87. The quantitative estimate of drug-likeness (QED) is 0.355. The minimum atomic E-state index is -1.56. The van der Waals surface area contributed by atoms with E-state index in [4.69, 9.17) is 4.74 Å². The van der Waals surface area contributed by atoms with Crippen LogP contribution in [-0.2, 0) is 16.9 Å². The van der Waals surface area contributed by atoms with Crippen molar-refractivity contribution < 1.29 is 19.0 Å². The fourth-order valence-electron chi connectivity index (χ4n) is 4.22. The number of amides is 1. The number of aliphatic hydroxyl groups is 1. The summed E-state index contributed by atoms with van der Waals surface area (Å²) in [6, 6.07) is 3.70. The number of carbonyl (C=O) groups is 1. The van der Waals surface area contributed by atoms with E-state index in [9.17, 15) is 23.9 Å². The van der Waals surface area contributed by atoms with Crippen molar-refractivity contribution in [1.82, 2.24) is 29.4 Å². The van der Waals surface area contributed by atoms with Crippen LogP contribution in [0.4, 0.5) is 4.39 Å². The van der Waals surface area contributed by atoms with Crippen molar-refractivity contribution in [3.8, 4) is 10.8 Å². The molecule has 0 bridgehead atoms. The van der Waals surface area contributed by atoms with Gasteiger partial charge >= 0.3 is 5.69 Å². The third-order valence-electron chi connectivity index (χ3n) is 6.15. The van der Waals surface area contributed by atoms with Gasteiger partial charge in [-0.3, -0.25) is 14.2 Å². The molecule has 0 fully saturated rings. The van der Waals surface area contributed by atoms with E-state index in [1.807, 2.05) is 0 Å². The first-order chi connectivity index (χ1) is 17.5. The van der Waals surface area contributed by atoms with Gasteiger partial charge in [0.2, 0.25) is 5.91 Å². The lowest BCUT2D eigenvalue weighted by Crippen LogP contribution is -2.55. The summed E-state index contributed by atoms with van der Waals surface area (Å²) in [7, 11) is 1.38. The molecule has 4 rings (SSSR count). The lowest BCUT2D eigenvalue weighted by Gasteiger charge is -2.27. The van der Waals surface area contributed by atoms with Gasteiger partial charge in [-0.2, -0.15) is 10.2 Å². The highest BCUT2D eigenvalue weighted by molar-refractivity contribution is 7.21. The van der Waals surface area contributed by atoms with E-state index < -0.39 is 34.6 Å². The SMILES string of the molecule is CCNC(=O)C(C)(C)n1c(=O)c2c(C)c(-n3nccn3)sc2n(C[C@H](O)c2cc(F)ccc2OC)c1=O. The Kier molecular flexibility index (Phi) is 7.02. The first kappa shape index (κ1) is 26.2. The molecule has 0 radical (unpaired) electrons. The molecule has 37 heavy (non-hydrogen) atoms. The van der Waals surface area contributed by atoms with Gasteiger partial charge in [0.1, 0.15) is 33.0 Å². The molecule has 196 valence electrons. The zero-order valence-electron chi connectivity index (χ0n) is 21.0. The largest absolute Gasteiger partial charge is 0.496 e. The van der Waals surface area contributed by atoms with Gasteiger partial charge in [0.25, 0.3) is 5.56 Å². The first-order valence-electron chi connectivity index (χ1n) is 11.5. The fraction of sp³-hybridized carbons (Fsp3) is 0.375. The summed E-state index contributed by atoms with van der Waals surface area (Å²) < 4.78 is 21.4. The van der Waals surface area contributed by atoms with Crippen molar-refractivity contribution >= 4 is 27.5 Å². The fourth-order valence-corrected chi connectivity index (χ4v) is 5.43. The number of aliphatic hydroxyl groups excluding tert-OH is 1. The number of nitrogens with zero attached hydrogens (tertiary/aromatic N) is 5. The summed E-state index contributed by atoms with van der Waals surface area (Å²) in [6.07, 6.45) is 1.58. The molecule has 0 saturated heterocycles. The number of likely N-dealkylation sites (N-methyl/N-ethyl adjacent to an activating group) is 1. The summed E-state index contributed by atoms with van der Waals surface area (Å²) in [5.74, 6) is -0.874. The Hall–Kier alpha value is -3.84. The number of ether oxygens (including phenoxy) is 1. The van der Waals surface area contributed by atoms with Crippen molar-refractivity contribution in [3.05, 3.63) is 68.4 Å². The Morgan fingerprint density at radius 3 is 2.57 bits per heavy atom. The summed E-state index contributed by atoms with van der Waals surface area (Å²) in [5.41, 5.74) is -2.37. The van der Waals surface area contributed by atoms with Crippen LogP contribution in [-0.4, -0.2) is 48.8 Å². The lowest BCUT2D eigenvalue weighted by molar-refractivity contribution is -0.128. The molecule has 0 spiro atoms. The van der Waals surface area contributed by atoms with Crippen LogP contribution in [0.15, 0.2) is 40.2 Å². The normalized spacial score (nSPS) is 12.6. The topological polar surface area (TPSA) is 133 Å². The summed E-state index contributed by atoms with van der Waals surface area (Å²) >= 11 is 1.10. The number of aryl methyl sites for hydroxylation is 1. The van der Waals surface area contributed by atoms with Crippen molar-refractivity contribution in [3.63, 3.8) is 0 Å². The highest BCUT2D eigenvalue weighted by atomic mass is 32.1. The maximum Gasteiger partial charge on any atom is 0.333 e. The van der Waals surface area contributed by atoms with E-state index in [0.29, 0.717) is 17.1 Å². The third kappa shape index (κ3) is 4.44. The number of thiophene rings is 1. The van der Waals surface area contributed by atoms with Crippen LogP contribution in [0.1, 0.15) is 38.0 Å². The average Bonchev–Trinajstić information content (AvgIpc) is 3.49. The molecule has 4 aromatic rings. The van der Waals surface area contributed by atoms with Crippen molar-refractivity contribution in [2.45, 2.75) is 45.9 Å². The third-order valence-corrected chi connectivity index (χ3v) is 7.43. The standard InChI is InChI=1S/C24H27FN6O5S/c1-6-26-22(34)24(3,4)30-19(33)18-13(2)20(31-27-9-10-28-31)37-21(18)29(23(30)35)12-16(32)15-11-14(25)7-8-17(15)36-5/h7-11,16,32H,6,12H2,1-5H3,(H,26,34)/t16-/m0/s1. The number of fused-ring (bicyclic) bond motifs is 1. The number of halogens is 1. The molecular weight excluding hydrogens is 503 g/mol. The minimum absolute atomic E-state index is 0.130. The first-order valence-corrected chi connectivity index (χ1v) is 12.3. The molecule has 1 aromatic carbocycles. The monoisotopic (exact) mass is 530 g/mol. The molecule has 13 heteroatoms. The van der Waals surface area contributed by atoms with Gasteiger partial charge in [-0.1, -0.05) is 11.3 Å². The van der Waals surface area contributed by atoms with E-state index in [-0.39, 0.29) is 28.1 Å².